The summed E-state index contributed by atoms with van der Waals surface area (Å²) in [7, 11) is 0. The van der Waals surface area contributed by atoms with E-state index in [1.165, 1.54) is 0 Å². The van der Waals surface area contributed by atoms with E-state index < -0.39 is 6.61 Å². The number of ether oxygens (including phenoxy) is 2. The van der Waals surface area contributed by atoms with Crippen LogP contribution < -0.4 is 20.1 Å². The van der Waals surface area contributed by atoms with Crippen molar-refractivity contribution in [3.05, 3.63) is 47.9 Å². The molecule has 1 aromatic heterocycles. The van der Waals surface area contributed by atoms with E-state index in [1.807, 2.05) is 13.0 Å². The van der Waals surface area contributed by atoms with Crippen LogP contribution in [0.2, 0.25) is 0 Å². The summed E-state index contributed by atoms with van der Waals surface area (Å²) in [5.41, 5.74) is 0.506. The lowest BCUT2D eigenvalue weighted by atomic mass is 10.2. The minimum Gasteiger partial charge on any atom is -0.490 e. The lowest BCUT2D eigenvalue weighted by Crippen LogP contribution is -2.36. The van der Waals surface area contributed by atoms with Crippen molar-refractivity contribution in [1.29, 1.82) is 0 Å². The molecular formula is C18H23F2N3O3. The zero-order chi connectivity index (χ0) is 18.8. The zero-order valence-electron chi connectivity index (χ0n) is 14.8. The zero-order valence-corrected chi connectivity index (χ0v) is 14.8. The van der Waals surface area contributed by atoms with Gasteiger partial charge in [-0.25, -0.2) is 4.99 Å². The summed E-state index contributed by atoms with van der Waals surface area (Å²) in [6.07, 6.45) is 1.59. The average Bonchev–Trinajstić information content (AvgIpc) is 3.13. The van der Waals surface area contributed by atoms with Gasteiger partial charge in [-0.1, -0.05) is 12.1 Å². The molecule has 0 aliphatic heterocycles. The molecule has 142 valence electrons. The van der Waals surface area contributed by atoms with Gasteiger partial charge in [-0.2, -0.15) is 8.78 Å². The summed E-state index contributed by atoms with van der Waals surface area (Å²) in [6.45, 7) is 2.38. The monoisotopic (exact) mass is 367 g/mol. The Hall–Kier alpha value is -2.77. The van der Waals surface area contributed by atoms with Crippen molar-refractivity contribution in [2.45, 2.75) is 33.5 Å². The van der Waals surface area contributed by atoms with Gasteiger partial charge in [0.1, 0.15) is 5.76 Å². The number of guanidine groups is 1. The van der Waals surface area contributed by atoms with Gasteiger partial charge in [0.25, 0.3) is 0 Å². The highest BCUT2D eigenvalue weighted by Crippen LogP contribution is 2.33. The molecule has 2 N–H and O–H groups in total. The molecule has 0 spiro atoms. The van der Waals surface area contributed by atoms with Crippen LogP contribution in [0.3, 0.4) is 0 Å². The molecule has 0 saturated heterocycles. The quantitative estimate of drug-likeness (QED) is 0.524. The van der Waals surface area contributed by atoms with E-state index in [1.54, 1.807) is 37.5 Å². The Kier molecular flexibility index (Phi) is 7.73. The largest absolute Gasteiger partial charge is 0.490 e. The van der Waals surface area contributed by atoms with Gasteiger partial charge in [-0.3, -0.25) is 0 Å². The van der Waals surface area contributed by atoms with Gasteiger partial charge in [0.15, 0.2) is 17.5 Å². The Morgan fingerprint density at radius 2 is 2.04 bits per heavy atom. The summed E-state index contributed by atoms with van der Waals surface area (Å²) >= 11 is 0. The third kappa shape index (κ3) is 5.94. The SMILES string of the molecule is CCNC(=NCc1cccc(OCC)c1OC(F)F)NCc1ccco1. The molecule has 0 amide bonds. The number of halogens is 2. The molecule has 0 atom stereocenters. The van der Waals surface area contributed by atoms with Crippen molar-refractivity contribution in [3.8, 4) is 11.5 Å². The van der Waals surface area contributed by atoms with Crippen LogP contribution in [0.4, 0.5) is 8.78 Å². The van der Waals surface area contributed by atoms with Crippen molar-refractivity contribution >= 4 is 5.96 Å². The van der Waals surface area contributed by atoms with Gasteiger partial charge < -0.3 is 24.5 Å². The Labute approximate surface area is 151 Å². The molecule has 1 aromatic carbocycles. The summed E-state index contributed by atoms with van der Waals surface area (Å²) in [5, 5.41) is 6.21. The van der Waals surface area contributed by atoms with Gasteiger partial charge in [0.05, 0.1) is 26.0 Å². The van der Waals surface area contributed by atoms with E-state index in [-0.39, 0.29) is 18.0 Å². The maximum atomic E-state index is 12.8. The molecule has 0 bridgehead atoms. The molecule has 0 saturated carbocycles. The van der Waals surface area contributed by atoms with Crippen LogP contribution in [0.25, 0.3) is 0 Å². The molecule has 1 heterocycles. The number of hydrogen-bond acceptors (Lipinski definition) is 4. The fourth-order valence-corrected chi connectivity index (χ4v) is 2.27. The molecule has 8 heteroatoms. The first-order chi connectivity index (χ1) is 12.6. The standard InChI is InChI=1S/C18H23F2N3O3/c1-3-21-18(23-12-14-8-6-10-25-14)22-11-13-7-5-9-15(24-4-2)16(13)26-17(19)20/h5-10,17H,3-4,11-12H2,1-2H3,(H2,21,22,23). The number of nitrogens with one attached hydrogen (secondary N) is 2. The lowest BCUT2D eigenvalue weighted by molar-refractivity contribution is -0.0520. The van der Waals surface area contributed by atoms with Gasteiger partial charge in [0.2, 0.25) is 0 Å². The summed E-state index contributed by atoms with van der Waals surface area (Å²) < 4.78 is 40.8. The van der Waals surface area contributed by atoms with Crippen molar-refractivity contribution in [2.75, 3.05) is 13.2 Å². The molecule has 0 aliphatic rings. The topological polar surface area (TPSA) is 68.0 Å². The van der Waals surface area contributed by atoms with Gasteiger partial charge >= 0.3 is 6.61 Å². The number of hydrogen-bond donors (Lipinski definition) is 2. The second kappa shape index (κ2) is 10.3. The third-order valence-electron chi connectivity index (χ3n) is 3.33. The molecule has 0 radical (unpaired) electrons. The molecular weight excluding hydrogens is 344 g/mol. The number of para-hydroxylation sites is 1. The predicted molar refractivity (Wildman–Crippen MR) is 94.6 cm³/mol. The number of aliphatic imine (C=N–C) groups is 1. The number of benzene rings is 1. The average molecular weight is 367 g/mol. The van der Waals surface area contributed by atoms with Gasteiger partial charge in [-0.05, 0) is 32.0 Å². The van der Waals surface area contributed by atoms with Crippen LogP contribution >= 0.6 is 0 Å². The van der Waals surface area contributed by atoms with Crippen LogP contribution in [0.15, 0.2) is 46.0 Å². The van der Waals surface area contributed by atoms with E-state index in [4.69, 9.17) is 9.15 Å². The Bertz CT molecular complexity index is 691. The minimum atomic E-state index is -2.94. The number of furan rings is 1. The smallest absolute Gasteiger partial charge is 0.387 e. The molecule has 6 nitrogen and oxygen atoms in total. The van der Waals surface area contributed by atoms with Crippen LogP contribution in [0, 0.1) is 0 Å². The maximum absolute atomic E-state index is 12.8. The first-order valence-corrected chi connectivity index (χ1v) is 8.38. The normalized spacial score (nSPS) is 11.5. The third-order valence-corrected chi connectivity index (χ3v) is 3.33. The van der Waals surface area contributed by atoms with Crippen molar-refractivity contribution < 1.29 is 22.7 Å². The second-order valence-electron chi connectivity index (χ2n) is 5.18. The number of nitrogens with zero attached hydrogens (tertiary/aromatic N) is 1. The van der Waals surface area contributed by atoms with Crippen LogP contribution in [-0.2, 0) is 13.1 Å². The van der Waals surface area contributed by atoms with Crippen molar-refractivity contribution in [3.63, 3.8) is 0 Å². The Morgan fingerprint density at radius 1 is 1.19 bits per heavy atom. The maximum Gasteiger partial charge on any atom is 0.387 e. The van der Waals surface area contributed by atoms with E-state index in [0.717, 1.165) is 5.76 Å². The fourth-order valence-electron chi connectivity index (χ4n) is 2.27. The lowest BCUT2D eigenvalue weighted by Gasteiger charge is -2.15. The van der Waals surface area contributed by atoms with E-state index in [2.05, 4.69) is 20.4 Å². The van der Waals surface area contributed by atoms with Crippen molar-refractivity contribution in [2.24, 2.45) is 4.99 Å². The van der Waals surface area contributed by atoms with Gasteiger partial charge in [0, 0.05) is 12.1 Å². The highest BCUT2D eigenvalue weighted by atomic mass is 19.3. The van der Waals surface area contributed by atoms with Crippen LogP contribution in [-0.4, -0.2) is 25.7 Å². The number of rotatable bonds is 9. The highest BCUT2D eigenvalue weighted by molar-refractivity contribution is 5.79. The Morgan fingerprint density at radius 3 is 2.69 bits per heavy atom. The van der Waals surface area contributed by atoms with Crippen LogP contribution in [0.5, 0.6) is 11.5 Å². The summed E-state index contributed by atoms with van der Waals surface area (Å²) in [5.74, 6) is 1.58. The molecule has 2 aromatic rings. The van der Waals surface area contributed by atoms with E-state index in [9.17, 15) is 8.78 Å². The fraction of sp³-hybridized carbons (Fsp3) is 0.389. The molecule has 0 fully saturated rings. The second-order valence-corrected chi connectivity index (χ2v) is 5.18. The first kappa shape index (κ1) is 19.6. The predicted octanol–water partition coefficient (Wildman–Crippen LogP) is 3.54. The summed E-state index contributed by atoms with van der Waals surface area (Å²) in [6, 6.07) is 8.64. The molecule has 0 unspecified atom stereocenters. The van der Waals surface area contributed by atoms with Crippen LogP contribution in [0.1, 0.15) is 25.2 Å². The summed E-state index contributed by atoms with van der Waals surface area (Å²) in [4.78, 5) is 4.42. The van der Waals surface area contributed by atoms with E-state index in [0.29, 0.717) is 31.2 Å². The molecule has 26 heavy (non-hydrogen) atoms. The van der Waals surface area contributed by atoms with Crippen molar-refractivity contribution in [1.82, 2.24) is 10.6 Å². The molecule has 2 rings (SSSR count). The number of alkyl halides is 2. The van der Waals surface area contributed by atoms with Gasteiger partial charge in [-0.15, -0.1) is 0 Å². The van der Waals surface area contributed by atoms with E-state index >= 15 is 0 Å². The highest BCUT2D eigenvalue weighted by Gasteiger charge is 2.15. The Balaban J connectivity index is 2.14. The minimum absolute atomic E-state index is 0.00924. The first-order valence-electron chi connectivity index (χ1n) is 8.38. The molecule has 0 aliphatic carbocycles.